The van der Waals surface area contributed by atoms with E-state index in [1.54, 1.807) is 36.3 Å². The van der Waals surface area contributed by atoms with E-state index in [-0.39, 0.29) is 30.6 Å². The first-order chi connectivity index (χ1) is 21.4. The number of H-pyrrole nitrogens is 1. The molecule has 1 aromatic heterocycles. The molecule has 0 spiro atoms. The van der Waals surface area contributed by atoms with Crippen molar-refractivity contribution in [3.05, 3.63) is 95.7 Å². The zero-order valence-electron chi connectivity index (χ0n) is 24.8. The maximum atomic E-state index is 13.6. The van der Waals surface area contributed by atoms with E-state index in [0.29, 0.717) is 56.2 Å². The van der Waals surface area contributed by atoms with Crippen molar-refractivity contribution in [3.63, 3.8) is 0 Å². The predicted octanol–water partition coefficient (Wildman–Crippen LogP) is 3.49. The molecule has 0 aliphatic carbocycles. The van der Waals surface area contributed by atoms with Crippen LogP contribution in [0.2, 0.25) is 0 Å². The van der Waals surface area contributed by atoms with E-state index in [1.807, 2.05) is 54.7 Å². The maximum Gasteiger partial charge on any atom is 0.254 e. The summed E-state index contributed by atoms with van der Waals surface area (Å²) < 4.78 is 16.6. The van der Waals surface area contributed by atoms with Crippen molar-refractivity contribution < 1.29 is 28.6 Å². The Balaban J connectivity index is 1.24. The van der Waals surface area contributed by atoms with Crippen LogP contribution in [-0.2, 0) is 27.2 Å². The zero-order valence-corrected chi connectivity index (χ0v) is 24.8. The van der Waals surface area contributed by atoms with Crippen LogP contribution in [0.3, 0.4) is 0 Å². The van der Waals surface area contributed by atoms with Crippen LogP contribution in [0, 0.1) is 5.92 Å². The Bertz CT molecular complexity index is 1580. The fraction of sp³-hybridized carbons (Fsp3) is 0.324. The quantitative estimate of drug-likeness (QED) is 0.201. The molecule has 0 saturated carbocycles. The van der Waals surface area contributed by atoms with Crippen LogP contribution in [0.1, 0.15) is 27.9 Å². The van der Waals surface area contributed by atoms with Gasteiger partial charge in [-0.15, -0.1) is 0 Å². The SMILES string of the molecule is COc1ccccc1CCC(=O)NC(N)C(Cc1c[nH]c2ccccc12)C(=O)COc1ccc(C(=O)N2CCOCC2)cc1. The molecule has 2 heterocycles. The maximum absolute atomic E-state index is 13.6. The minimum atomic E-state index is -0.932. The number of benzene rings is 3. The van der Waals surface area contributed by atoms with Gasteiger partial charge in [-0.05, 0) is 60.4 Å². The van der Waals surface area contributed by atoms with Crippen molar-refractivity contribution in [2.24, 2.45) is 11.7 Å². The number of Topliss-reactive ketones (excluding diaryl/α,β-unsaturated/α-hetero) is 1. The number of para-hydroxylation sites is 2. The van der Waals surface area contributed by atoms with Crippen LogP contribution < -0.4 is 20.5 Å². The highest BCUT2D eigenvalue weighted by atomic mass is 16.5. The van der Waals surface area contributed by atoms with Crippen LogP contribution in [0.5, 0.6) is 11.5 Å². The Morgan fingerprint density at radius 1 is 0.977 bits per heavy atom. The summed E-state index contributed by atoms with van der Waals surface area (Å²) in [5.74, 6) is -0.152. The molecule has 10 heteroatoms. The molecule has 1 fully saturated rings. The fourth-order valence-electron chi connectivity index (χ4n) is 5.40. The number of rotatable bonds is 13. The average molecular weight is 599 g/mol. The lowest BCUT2D eigenvalue weighted by Gasteiger charge is -2.27. The zero-order chi connectivity index (χ0) is 30.9. The number of aryl methyl sites for hydroxylation is 1. The number of nitrogens with zero attached hydrogens (tertiary/aromatic N) is 1. The second-order valence-electron chi connectivity index (χ2n) is 10.8. The molecule has 2 amide bonds. The van der Waals surface area contributed by atoms with Gasteiger partial charge in [0.25, 0.3) is 5.91 Å². The van der Waals surface area contributed by atoms with Crippen LogP contribution in [0.4, 0.5) is 0 Å². The van der Waals surface area contributed by atoms with Crippen LogP contribution >= 0.6 is 0 Å². The average Bonchev–Trinajstić information content (AvgIpc) is 3.48. The molecule has 2 unspecified atom stereocenters. The highest BCUT2D eigenvalue weighted by Gasteiger charge is 2.29. The number of ketones is 1. The molecule has 4 aromatic rings. The molecule has 2 atom stereocenters. The van der Waals surface area contributed by atoms with E-state index in [4.69, 9.17) is 19.9 Å². The number of aromatic amines is 1. The van der Waals surface area contributed by atoms with Gasteiger partial charge in [0.05, 0.1) is 32.4 Å². The number of carbonyl (C=O) groups is 3. The second kappa shape index (κ2) is 14.7. The summed E-state index contributed by atoms with van der Waals surface area (Å²) in [5.41, 5.74) is 9.83. The van der Waals surface area contributed by atoms with E-state index in [1.165, 1.54) is 0 Å². The molecular formula is C34H38N4O6. The Morgan fingerprint density at radius 3 is 2.48 bits per heavy atom. The van der Waals surface area contributed by atoms with Gasteiger partial charge in [0, 0.05) is 42.2 Å². The van der Waals surface area contributed by atoms with Gasteiger partial charge in [-0.3, -0.25) is 14.4 Å². The van der Waals surface area contributed by atoms with Crippen LogP contribution in [0.15, 0.2) is 79.0 Å². The molecule has 0 bridgehead atoms. The highest BCUT2D eigenvalue weighted by molar-refractivity contribution is 5.94. The lowest BCUT2D eigenvalue weighted by Crippen LogP contribution is -2.51. The number of hydrogen-bond donors (Lipinski definition) is 3. The number of methoxy groups -OCH3 is 1. The summed E-state index contributed by atoms with van der Waals surface area (Å²) >= 11 is 0. The lowest BCUT2D eigenvalue weighted by molar-refractivity contribution is -0.127. The number of aromatic nitrogens is 1. The van der Waals surface area contributed by atoms with Crippen molar-refractivity contribution in [1.82, 2.24) is 15.2 Å². The Morgan fingerprint density at radius 2 is 1.70 bits per heavy atom. The first kappa shape index (κ1) is 30.8. The molecule has 10 nitrogen and oxygen atoms in total. The van der Waals surface area contributed by atoms with E-state index in [2.05, 4.69) is 10.3 Å². The topological polar surface area (TPSA) is 136 Å². The molecular weight excluding hydrogens is 560 g/mol. The van der Waals surface area contributed by atoms with Crippen molar-refractivity contribution in [2.75, 3.05) is 40.0 Å². The Labute approximate surface area is 256 Å². The summed E-state index contributed by atoms with van der Waals surface area (Å²) in [4.78, 5) is 44.3. The smallest absolute Gasteiger partial charge is 0.254 e. The summed E-state index contributed by atoms with van der Waals surface area (Å²) in [7, 11) is 1.59. The number of amides is 2. The van der Waals surface area contributed by atoms with Crippen molar-refractivity contribution in [1.29, 1.82) is 0 Å². The number of ether oxygens (including phenoxy) is 3. The van der Waals surface area contributed by atoms with E-state index < -0.39 is 12.1 Å². The number of morpholine rings is 1. The van der Waals surface area contributed by atoms with E-state index >= 15 is 0 Å². The van der Waals surface area contributed by atoms with Gasteiger partial charge in [0.15, 0.2) is 5.78 Å². The van der Waals surface area contributed by atoms with Gasteiger partial charge in [0.1, 0.15) is 18.1 Å². The van der Waals surface area contributed by atoms with Crippen molar-refractivity contribution in [2.45, 2.75) is 25.4 Å². The van der Waals surface area contributed by atoms with Gasteiger partial charge in [-0.2, -0.15) is 0 Å². The Kier molecular flexibility index (Phi) is 10.3. The highest BCUT2D eigenvalue weighted by Crippen LogP contribution is 2.23. The number of fused-ring (bicyclic) bond motifs is 1. The van der Waals surface area contributed by atoms with Crippen LogP contribution in [-0.4, -0.2) is 73.7 Å². The normalized spacial score (nSPS) is 14.5. The summed E-state index contributed by atoms with van der Waals surface area (Å²) in [6.45, 7) is 1.92. The number of nitrogens with two attached hydrogens (primary N) is 1. The molecule has 4 N–H and O–H groups in total. The standard InChI is InChI=1S/C34H38N4O6/c1-42-31-9-5-2-6-23(31)12-15-32(40)37-33(35)28(20-25-21-36-29-8-4-3-7-27(25)29)30(39)22-44-26-13-10-24(11-14-26)34(41)38-16-18-43-19-17-38/h2-11,13-14,21,28,33,36H,12,15-20,22,35H2,1H3,(H,37,40). The third-order valence-electron chi connectivity index (χ3n) is 7.88. The minimum absolute atomic E-state index is 0.0675. The third kappa shape index (κ3) is 7.64. The van der Waals surface area contributed by atoms with Crippen LogP contribution in [0.25, 0.3) is 10.9 Å². The number of nitrogens with one attached hydrogen (secondary N) is 2. The third-order valence-corrected chi connectivity index (χ3v) is 7.88. The molecule has 44 heavy (non-hydrogen) atoms. The van der Waals surface area contributed by atoms with Gasteiger partial charge < -0.3 is 35.1 Å². The van der Waals surface area contributed by atoms with Crippen molar-refractivity contribution in [3.8, 4) is 11.5 Å². The molecule has 1 aliphatic heterocycles. The molecule has 230 valence electrons. The molecule has 0 radical (unpaired) electrons. The number of hydrogen-bond acceptors (Lipinski definition) is 7. The first-order valence-corrected chi connectivity index (χ1v) is 14.8. The summed E-state index contributed by atoms with van der Waals surface area (Å²) in [6, 6.07) is 22.1. The summed E-state index contributed by atoms with van der Waals surface area (Å²) in [6.07, 6.45) is 1.91. The van der Waals surface area contributed by atoms with Gasteiger partial charge >= 0.3 is 0 Å². The largest absolute Gasteiger partial charge is 0.496 e. The molecule has 1 aliphatic rings. The van der Waals surface area contributed by atoms with Crippen molar-refractivity contribution >= 4 is 28.5 Å². The Hall–Kier alpha value is -4.67. The molecule has 1 saturated heterocycles. The van der Waals surface area contributed by atoms with E-state index in [0.717, 1.165) is 22.0 Å². The van der Waals surface area contributed by atoms with Gasteiger partial charge in [0.2, 0.25) is 5.91 Å². The predicted molar refractivity (Wildman–Crippen MR) is 167 cm³/mol. The summed E-state index contributed by atoms with van der Waals surface area (Å²) in [5, 5.41) is 3.83. The molecule has 3 aromatic carbocycles. The fourth-order valence-corrected chi connectivity index (χ4v) is 5.40. The minimum Gasteiger partial charge on any atom is -0.496 e. The van der Waals surface area contributed by atoms with Gasteiger partial charge in [-0.25, -0.2) is 0 Å². The lowest BCUT2D eigenvalue weighted by atomic mass is 9.92. The molecule has 5 rings (SSSR count). The first-order valence-electron chi connectivity index (χ1n) is 14.8. The van der Waals surface area contributed by atoms with E-state index in [9.17, 15) is 14.4 Å². The monoisotopic (exact) mass is 598 g/mol. The number of carbonyl (C=O) groups excluding carboxylic acids is 3. The second-order valence-corrected chi connectivity index (χ2v) is 10.8. The van der Waals surface area contributed by atoms with Gasteiger partial charge in [-0.1, -0.05) is 36.4 Å².